The van der Waals surface area contributed by atoms with Crippen LogP contribution in [0.5, 0.6) is 11.5 Å². The van der Waals surface area contributed by atoms with E-state index in [1.54, 1.807) is 12.4 Å². The van der Waals surface area contributed by atoms with E-state index >= 15 is 0 Å². The molecule has 1 atom stereocenters. The van der Waals surface area contributed by atoms with Crippen molar-refractivity contribution in [1.82, 2.24) is 15.6 Å². The highest BCUT2D eigenvalue weighted by Gasteiger charge is 2.25. The van der Waals surface area contributed by atoms with Crippen LogP contribution in [0.4, 0.5) is 10.1 Å². The molecule has 12 heteroatoms. The van der Waals surface area contributed by atoms with E-state index in [0.29, 0.717) is 57.4 Å². The van der Waals surface area contributed by atoms with Crippen LogP contribution in [-0.2, 0) is 20.8 Å². The summed E-state index contributed by atoms with van der Waals surface area (Å²) in [5, 5.41) is 9.09. The number of hydrogen-bond donors (Lipinski definition) is 3. The molecule has 1 amide bonds. The first-order chi connectivity index (χ1) is 17.5. The molecular weight excluding hydrogens is 511 g/mol. The summed E-state index contributed by atoms with van der Waals surface area (Å²) in [6.45, 7) is 2.74. The second-order valence-electron chi connectivity index (χ2n) is 8.00. The zero-order valence-corrected chi connectivity index (χ0v) is 21.1. The van der Waals surface area contributed by atoms with Gasteiger partial charge in [-0.2, -0.15) is 0 Å². The number of ether oxygens (including phenoxy) is 4. The van der Waals surface area contributed by atoms with Crippen LogP contribution in [0.3, 0.4) is 0 Å². The summed E-state index contributed by atoms with van der Waals surface area (Å²) in [4.78, 5) is 17.0. The number of methoxy groups -OCH3 is 1. The third-order valence-electron chi connectivity index (χ3n) is 5.55. The molecule has 2 aromatic rings. The van der Waals surface area contributed by atoms with Crippen LogP contribution in [0, 0.1) is 5.82 Å². The number of aromatic nitrogens is 1. The predicted molar refractivity (Wildman–Crippen MR) is 136 cm³/mol. The minimum absolute atomic E-state index is 0.0821. The van der Waals surface area contributed by atoms with Gasteiger partial charge in [-0.1, -0.05) is 23.8 Å². The third kappa shape index (κ3) is 6.41. The van der Waals surface area contributed by atoms with Crippen molar-refractivity contribution < 1.29 is 28.1 Å². The van der Waals surface area contributed by atoms with Crippen LogP contribution in [0.2, 0.25) is 5.02 Å². The summed E-state index contributed by atoms with van der Waals surface area (Å²) in [6.07, 6.45) is 3.68. The Morgan fingerprint density at radius 2 is 2.25 bits per heavy atom. The number of nitrogens with zero attached hydrogens (tertiary/aromatic N) is 1. The Morgan fingerprint density at radius 3 is 3.03 bits per heavy atom. The number of hydrogen-bond acceptors (Lipinski definition) is 8. The van der Waals surface area contributed by atoms with E-state index in [4.69, 9.17) is 42.8 Å². The lowest BCUT2D eigenvalue weighted by atomic mass is 10.1. The second kappa shape index (κ2) is 12.3. The average Bonchev–Trinajstić information content (AvgIpc) is 2.87. The molecule has 0 spiro atoms. The maximum absolute atomic E-state index is 14.0. The summed E-state index contributed by atoms with van der Waals surface area (Å²) < 4.78 is 36.2. The smallest absolute Gasteiger partial charge is 0.256 e. The Balaban J connectivity index is 1.49. The largest absolute Gasteiger partial charge is 0.493 e. The van der Waals surface area contributed by atoms with E-state index < -0.39 is 5.82 Å². The maximum Gasteiger partial charge on any atom is 0.256 e. The van der Waals surface area contributed by atoms with Gasteiger partial charge >= 0.3 is 0 Å². The Bertz CT molecular complexity index is 1160. The van der Waals surface area contributed by atoms with E-state index in [9.17, 15) is 9.18 Å². The first-order valence-electron chi connectivity index (χ1n) is 11.3. The van der Waals surface area contributed by atoms with Gasteiger partial charge in [-0.25, -0.2) is 4.39 Å². The predicted octanol–water partition coefficient (Wildman–Crippen LogP) is 2.98. The van der Waals surface area contributed by atoms with Gasteiger partial charge in [-0.15, -0.1) is 0 Å². The number of pyridine rings is 1. The molecule has 4 rings (SSSR count). The van der Waals surface area contributed by atoms with Gasteiger partial charge in [0.2, 0.25) is 0 Å². The van der Waals surface area contributed by atoms with Crippen molar-refractivity contribution in [3.05, 3.63) is 58.3 Å². The number of thiocarbonyl (C=S) groups is 1. The molecule has 9 nitrogen and oxygen atoms in total. The molecule has 1 fully saturated rings. The molecule has 0 saturated carbocycles. The fraction of sp³-hybridized carbons (Fsp3) is 0.375. The number of halogens is 2. The topological polar surface area (TPSA) is 103 Å². The van der Waals surface area contributed by atoms with Gasteiger partial charge in [0.05, 0.1) is 49.4 Å². The van der Waals surface area contributed by atoms with Gasteiger partial charge in [0.15, 0.2) is 5.75 Å². The lowest BCUT2D eigenvalue weighted by molar-refractivity contribution is -0.117. The second-order valence-corrected chi connectivity index (χ2v) is 8.81. The molecule has 2 aliphatic heterocycles. The number of carbonyl (C=O) groups excluding carboxylic acids is 1. The van der Waals surface area contributed by atoms with Crippen LogP contribution >= 0.6 is 23.8 Å². The molecule has 0 aliphatic carbocycles. The Hall–Kier alpha value is -2.99. The van der Waals surface area contributed by atoms with Crippen molar-refractivity contribution in [2.45, 2.75) is 19.1 Å². The fourth-order valence-electron chi connectivity index (χ4n) is 3.82. The van der Waals surface area contributed by atoms with Gasteiger partial charge in [-0.05, 0) is 12.1 Å². The molecule has 1 aromatic heterocycles. The maximum atomic E-state index is 14.0. The van der Waals surface area contributed by atoms with Gasteiger partial charge in [0.1, 0.15) is 29.3 Å². The van der Waals surface area contributed by atoms with Crippen molar-refractivity contribution in [3.8, 4) is 11.5 Å². The average molecular weight is 537 g/mol. The van der Waals surface area contributed by atoms with Crippen molar-refractivity contribution in [3.63, 3.8) is 0 Å². The number of benzene rings is 1. The van der Waals surface area contributed by atoms with E-state index in [-0.39, 0.29) is 39.0 Å². The number of nitrogens with one attached hydrogen (secondary N) is 3. The Kier molecular flexibility index (Phi) is 8.92. The highest BCUT2D eigenvalue weighted by Crippen LogP contribution is 2.34. The van der Waals surface area contributed by atoms with Crippen molar-refractivity contribution in [2.75, 3.05) is 45.4 Å². The molecular formula is C24H26ClFN4O5S. The zero-order valence-electron chi connectivity index (χ0n) is 19.6. The van der Waals surface area contributed by atoms with Crippen molar-refractivity contribution in [1.29, 1.82) is 0 Å². The van der Waals surface area contributed by atoms with Crippen LogP contribution in [0.1, 0.15) is 12.0 Å². The van der Waals surface area contributed by atoms with E-state index in [0.717, 1.165) is 11.6 Å². The number of rotatable bonds is 9. The molecule has 1 aromatic carbocycles. The highest BCUT2D eigenvalue weighted by atomic mass is 35.5. The molecule has 3 N–H and O–H groups in total. The zero-order chi connectivity index (χ0) is 25.5. The molecule has 1 unspecified atom stereocenters. The van der Waals surface area contributed by atoms with Crippen LogP contribution in [-0.4, -0.2) is 62.1 Å². The highest BCUT2D eigenvalue weighted by molar-refractivity contribution is 7.81. The Labute approximate surface area is 218 Å². The monoisotopic (exact) mass is 536 g/mol. The summed E-state index contributed by atoms with van der Waals surface area (Å²) in [6, 6.07) is 4.17. The number of amides is 1. The van der Waals surface area contributed by atoms with Gasteiger partial charge in [0, 0.05) is 43.0 Å². The van der Waals surface area contributed by atoms with Crippen molar-refractivity contribution in [2.24, 2.45) is 0 Å². The first-order valence-corrected chi connectivity index (χ1v) is 12.1. The Morgan fingerprint density at radius 1 is 1.39 bits per heavy atom. The standard InChI is InChI=1S/C24H26ClFN4O5S/c1-32-22-17(25)8-15(26)9-19(22)30-24(36)21-18(3-5-28-23(21)31)29-10-14-2-4-27-11-20(14)35-13-16-12-33-6-7-34-16/h2,4,8-9,11,16,29H,3,5-7,10,12-13H2,1H3,(H,28,31)(H,30,36). The first kappa shape index (κ1) is 26.1. The molecule has 192 valence electrons. The molecule has 1 saturated heterocycles. The van der Waals surface area contributed by atoms with Crippen LogP contribution in [0.25, 0.3) is 0 Å². The molecule has 36 heavy (non-hydrogen) atoms. The summed E-state index contributed by atoms with van der Waals surface area (Å²) >= 11 is 11.6. The quantitative estimate of drug-likeness (QED) is 0.417. The summed E-state index contributed by atoms with van der Waals surface area (Å²) in [7, 11) is 1.41. The van der Waals surface area contributed by atoms with Crippen molar-refractivity contribution >= 4 is 40.4 Å². The molecule has 0 radical (unpaired) electrons. The summed E-state index contributed by atoms with van der Waals surface area (Å²) in [5.41, 5.74) is 1.96. The molecule has 3 heterocycles. The summed E-state index contributed by atoms with van der Waals surface area (Å²) in [5.74, 6) is -0.0932. The van der Waals surface area contributed by atoms with Gasteiger partial charge < -0.3 is 34.9 Å². The number of anilines is 1. The van der Waals surface area contributed by atoms with Crippen LogP contribution in [0.15, 0.2) is 41.9 Å². The lowest BCUT2D eigenvalue weighted by Crippen LogP contribution is -2.39. The van der Waals surface area contributed by atoms with E-state index in [1.807, 2.05) is 6.07 Å². The van der Waals surface area contributed by atoms with Gasteiger partial charge in [0.25, 0.3) is 5.91 Å². The third-order valence-corrected chi connectivity index (χ3v) is 6.14. The normalized spacial score (nSPS) is 17.9. The minimum Gasteiger partial charge on any atom is -0.493 e. The molecule has 2 aliphatic rings. The SMILES string of the molecule is COc1c(Cl)cc(F)cc1NC(=S)C1=C(NCc2ccncc2OCC2COCCO2)CCNC1=O. The van der Waals surface area contributed by atoms with E-state index in [1.165, 1.54) is 13.2 Å². The minimum atomic E-state index is -0.568. The number of carbonyl (C=O) groups is 1. The van der Waals surface area contributed by atoms with E-state index in [2.05, 4.69) is 20.9 Å². The van der Waals surface area contributed by atoms with Gasteiger partial charge in [-0.3, -0.25) is 9.78 Å². The lowest BCUT2D eigenvalue weighted by Gasteiger charge is -2.25. The van der Waals surface area contributed by atoms with Crippen LogP contribution < -0.4 is 25.4 Å². The molecule has 0 bridgehead atoms. The fourth-order valence-corrected chi connectivity index (χ4v) is 4.43.